The van der Waals surface area contributed by atoms with Gasteiger partial charge < -0.3 is 15.0 Å². The molecule has 0 aliphatic carbocycles. The number of guanidine groups is 1. The molecule has 124 valence electrons. The average molecular weight is 316 g/mol. The molecule has 0 bridgehead atoms. The molecule has 0 saturated heterocycles. The van der Waals surface area contributed by atoms with E-state index in [-0.39, 0.29) is 0 Å². The molecule has 2 rings (SSSR count). The van der Waals surface area contributed by atoms with E-state index < -0.39 is 0 Å². The Balaban J connectivity index is 1.80. The van der Waals surface area contributed by atoms with Crippen molar-refractivity contribution >= 4 is 5.96 Å². The summed E-state index contributed by atoms with van der Waals surface area (Å²) in [6, 6.07) is 8.01. The van der Waals surface area contributed by atoms with Crippen LogP contribution in [0.5, 0.6) is 5.75 Å². The van der Waals surface area contributed by atoms with E-state index in [1.165, 1.54) is 0 Å². The largest absolute Gasteiger partial charge is 0.491 e. The van der Waals surface area contributed by atoms with Gasteiger partial charge in [-0.05, 0) is 18.6 Å². The van der Waals surface area contributed by atoms with Crippen molar-refractivity contribution in [1.82, 2.24) is 25.0 Å². The molecule has 1 heterocycles. The van der Waals surface area contributed by atoms with Crippen LogP contribution in [0.1, 0.15) is 11.4 Å². The molecule has 0 spiro atoms. The Morgan fingerprint density at radius 2 is 2.17 bits per heavy atom. The van der Waals surface area contributed by atoms with Gasteiger partial charge in [0.25, 0.3) is 0 Å². The molecule has 0 amide bonds. The molecule has 1 aromatic heterocycles. The average Bonchev–Trinajstić information content (AvgIpc) is 2.95. The van der Waals surface area contributed by atoms with Crippen molar-refractivity contribution in [3.8, 4) is 5.75 Å². The summed E-state index contributed by atoms with van der Waals surface area (Å²) in [6.45, 7) is 3.94. The summed E-state index contributed by atoms with van der Waals surface area (Å²) in [5.41, 5.74) is 1.14. The summed E-state index contributed by atoms with van der Waals surface area (Å²) < 4.78 is 7.56. The topological polar surface area (TPSA) is 67.6 Å². The summed E-state index contributed by atoms with van der Waals surface area (Å²) in [5.74, 6) is 2.57. The quantitative estimate of drug-likeness (QED) is 0.641. The molecule has 0 fully saturated rings. The number of nitrogens with one attached hydrogen (secondary N) is 1. The van der Waals surface area contributed by atoms with E-state index in [4.69, 9.17) is 4.74 Å². The van der Waals surface area contributed by atoms with Gasteiger partial charge in [0.2, 0.25) is 0 Å². The first-order valence-corrected chi connectivity index (χ1v) is 7.55. The highest BCUT2D eigenvalue weighted by Crippen LogP contribution is 2.15. The zero-order chi connectivity index (χ0) is 16.7. The first kappa shape index (κ1) is 16.8. The molecule has 0 radical (unpaired) electrons. The highest BCUT2D eigenvalue weighted by molar-refractivity contribution is 5.79. The summed E-state index contributed by atoms with van der Waals surface area (Å²) in [5, 5.41) is 7.32. The van der Waals surface area contributed by atoms with Crippen molar-refractivity contribution in [3.05, 3.63) is 42.0 Å². The van der Waals surface area contributed by atoms with Crippen molar-refractivity contribution in [2.45, 2.75) is 13.5 Å². The lowest BCUT2D eigenvalue weighted by Crippen LogP contribution is -2.40. The Bertz CT molecular complexity index is 652. The van der Waals surface area contributed by atoms with E-state index in [1.54, 1.807) is 18.1 Å². The number of para-hydroxylation sites is 1. The number of rotatable bonds is 6. The van der Waals surface area contributed by atoms with Gasteiger partial charge in [-0.15, -0.1) is 0 Å². The third-order valence-corrected chi connectivity index (χ3v) is 3.56. The van der Waals surface area contributed by atoms with Crippen molar-refractivity contribution in [2.24, 2.45) is 12.0 Å². The lowest BCUT2D eigenvalue weighted by Gasteiger charge is -2.22. The van der Waals surface area contributed by atoms with E-state index in [2.05, 4.69) is 20.4 Å². The van der Waals surface area contributed by atoms with Crippen LogP contribution in [-0.4, -0.2) is 52.9 Å². The number of nitrogens with zero attached hydrogens (tertiary/aromatic N) is 5. The normalized spacial score (nSPS) is 11.4. The van der Waals surface area contributed by atoms with Crippen LogP contribution >= 0.6 is 0 Å². The second kappa shape index (κ2) is 8.17. The van der Waals surface area contributed by atoms with Crippen molar-refractivity contribution in [1.29, 1.82) is 0 Å². The zero-order valence-corrected chi connectivity index (χ0v) is 14.2. The van der Waals surface area contributed by atoms with Crippen molar-refractivity contribution in [3.63, 3.8) is 0 Å². The summed E-state index contributed by atoms with van der Waals surface area (Å²) in [4.78, 5) is 10.5. The van der Waals surface area contributed by atoms with Crippen LogP contribution < -0.4 is 10.1 Å². The van der Waals surface area contributed by atoms with Crippen LogP contribution in [-0.2, 0) is 13.6 Å². The number of hydrogen-bond donors (Lipinski definition) is 1. The van der Waals surface area contributed by atoms with Crippen LogP contribution in [0.25, 0.3) is 0 Å². The fraction of sp³-hybridized carbons (Fsp3) is 0.438. The maximum Gasteiger partial charge on any atom is 0.193 e. The van der Waals surface area contributed by atoms with Crippen LogP contribution in [0.3, 0.4) is 0 Å². The number of ether oxygens (including phenoxy) is 1. The standard InChI is InChI=1S/C16H24N6O/c1-13-7-5-6-8-14(13)23-10-9-21(3)16(17-2)18-11-15-19-12-20-22(15)4/h5-8,12H,9-11H2,1-4H3,(H,17,18). The van der Waals surface area contributed by atoms with E-state index in [1.807, 2.05) is 50.2 Å². The van der Waals surface area contributed by atoms with Gasteiger partial charge in [-0.2, -0.15) is 5.10 Å². The Morgan fingerprint density at radius 1 is 1.39 bits per heavy atom. The number of hydrogen-bond acceptors (Lipinski definition) is 4. The molecular weight excluding hydrogens is 292 g/mol. The monoisotopic (exact) mass is 316 g/mol. The third-order valence-electron chi connectivity index (χ3n) is 3.56. The third kappa shape index (κ3) is 4.70. The van der Waals surface area contributed by atoms with Gasteiger partial charge in [-0.1, -0.05) is 18.2 Å². The number of likely N-dealkylation sites (N-methyl/N-ethyl adjacent to an activating group) is 1. The smallest absolute Gasteiger partial charge is 0.193 e. The molecule has 1 aromatic carbocycles. The van der Waals surface area contributed by atoms with Crippen molar-refractivity contribution < 1.29 is 4.74 Å². The molecule has 0 unspecified atom stereocenters. The predicted molar refractivity (Wildman–Crippen MR) is 90.5 cm³/mol. The fourth-order valence-corrected chi connectivity index (χ4v) is 2.14. The lowest BCUT2D eigenvalue weighted by atomic mass is 10.2. The second-order valence-electron chi connectivity index (χ2n) is 5.24. The number of aliphatic imine (C=N–C) groups is 1. The Labute approximate surface area is 137 Å². The number of aromatic nitrogens is 3. The van der Waals surface area contributed by atoms with Crippen LogP contribution in [0, 0.1) is 6.92 Å². The lowest BCUT2D eigenvalue weighted by molar-refractivity contribution is 0.279. The molecule has 0 saturated carbocycles. The van der Waals surface area contributed by atoms with Gasteiger partial charge in [-0.25, -0.2) is 4.98 Å². The van der Waals surface area contributed by atoms with Crippen LogP contribution in [0.2, 0.25) is 0 Å². The second-order valence-corrected chi connectivity index (χ2v) is 5.24. The summed E-state index contributed by atoms with van der Waals surface area (Å²) >= 11 is 0. The molecule has 7 nitrogen and oxygen atoms in total. The number of aryl methyl sites for hydroxylation is 2. The van der Waals surface area contributed by atoms with Crippen LogP contribution in [0.4, 0.5) is 0 Å². The van der Waals surface area contributed by atoms with Gasteiger partial charge in [-0.3, -0.25) is 9.67 Å². The first-order valence-electron chi connectivity index (χ1n) is 7.55. The van der Waals surface area contributed by atoms with Gasteiger partial charge in [0, 0.05) is 21.1 Å². The molecule has 2 aromatic rings. The van der Waals surface area contributed by atoms with E-state index in [0.717, 1.165) is 29.6 Å². The Morgan fingerprint density at radius 3 is 2.83 bits per heavy atom. The molecular formula is C16H24N6O. The molecule has 0 aliphatic rings. The predicted octanol–water partition coefficient (Wildman–Crippen LogP) is 1.21. The maximum absolute atomic E-state index is 5.82. The van der Waals surface area contributed by atoms with E-state index in [9.17, 15) is 0 Å². The summed E-state index contributed by atoms with van der Waals surface area (Å²) in [7, 11) is 5.61. The first-order chi connectivity index (χ1) is 11.1. The SMILES string of the molecule is CN=C(NCc1ncnn1C)N(C)CCOc1ccccc1C. The molecule has 7 heteroatoms. The van der Waals surface area contributed by atoms with Crippen LogP contribution in [0.15, 0.2) is 35.6 Å². The molecule has 23 heavy (non-hydrogen) atoms. The Hall–Kier alpha value is -2.57. The molecule has 0 aliphatic heterocycles. The number of benzene rings is 1. The highest BCUT2D eigenvalue weighted by atomic mass is 16.5. The molecule has 1 N–H and O–H groups in total. The minimum absolute atomic E-state index is 0.576. The zero-order valence-electron chi connectivity index (χ0n) is 14.2. The van der Waals surface area contributed by atoms with Gasteiger partial charge in [0.1, 0.15) is 24.5 Å². The van der Waals surface area contributed by atoms with Crippen molar-refractivity contribution in [2.75, 3.05) is 27.2 Å². The van der Waals surface area contributed by atoms with Gasteiger partial charge >= 0.3 is 0 Å². The fourth-order valence-electron chi connectivity index (χ4n) is 2.14. The van der Waals surface area contributed by atoms with Gasteiger partial charge in [0.05, 0.1) is 13.1 Å². The molecule has 0 atom stereocenters. The van der Waals surface area contributed by atoms with E-state index in [0.29, 0.717) is 13.2 Å². The van der Waals surface area contributed by atoms with Gasteiger partial charge in [0.15, 0.2) is 5.96 Å². The van der Waals surface area contributed by atoms with E-state index >= 15 is 0 Å². The minimum atomic E-state index is 0.576. The maximum atomic E-state index is 5.82. The Kier molecular flexibility index (Phi) is 5.96. The highest BCUT2D eigenvalue weighted by Gasteiger charge is 2.08. The minimum Gasteiger partial charge on any atom is -0.491 e. The summed E-state index contributed by atoms with van der Waals surface area (Å²) in [6.07, 6.45) is 1.54.